The lowest BCUT2D eigenvalue weighted by Gasteiger charge is -2.40. The van der Waals surface area contributed by atoms with Crippen LogP contribution in [0.3, 0.4) is 0 Å². The zero-order chi connectivity index (χ0) is 22.2. The van der Waals surface area contributed by atoms with E-state index in [1.807, 2.05) is 0 Å². The molecule has 0 atom stereocenters. The summed E-state index contributed by atoms with van der Waals surface area (Å²) in [6.07, 6.45) is -7.65. The second-order valence-electron chi connectivity index (χ2n) is 4.69. The maximum Gasteiger partial charge on any atom is 0.469 e. The van der Waals surface area contributed by atoms with Crippen LogP contribution in [0, 0.1) is 0 Å². The molecule has 0 radical (unpaired) electrons. The van der Waals surface area contributed by atoms with Crippen LogP contribution in [0.15, 0.2) is 0 Å². The molecule has 160 valence electrons. The minimum atomic E-state index is -8.09. The highest BCUT2D eigenvalue weighted by molar-refractivity contribution is 5.76. The highest BCUT2D eigenvalue weighted by Crippen LogP contribution is 2.63. The molecule has 1 fully saturated rings. The van der Waals surface area contributed by atoms with Crippen LogP contribution < -0.4 is 0 Å². The zero-order valence-corrected chi connectivity index (χ0v) is 11.4. The van der Waals surface area contributed by atoms with E-state index in [1.54, 1.807) is 0 Å². The van der Waals surface area contributed by atoms with Gasteiger partial charge in [-0.1, -0.05) is 9.80 Å². The van der Waals surface area contributed by atoms with Gasteiger partial charge in [-0.25, -0.2) is 0 Å². The number of carbonyl (C=O) groups excluding carboxylic acids is 1. The molecule has 19 heteroatoms. The number of hydrogen-bond acceptors (Lipinski definition) is 3. The summed E-state index contributed by atoms with van der Waals surface area (Å²) in [7, 11) is 0. The van der Waals surface area contributed by atoms with Crippen LogP contribution in [0.2, 0.25) is 0 Å². The Bertz CT molecular complexity index is 622. The predicted molar refractivity (Wildman–Crippen MR) is 45.5 cm³/mol. The lowest BCUT2D eigenvalue weighted by atomic mass is 10.2. The molecule has 0 aromatic heterocycles. The number of halogens is 16. The third-order valence-corrected chi connectivity index (χ3v) is 3.01. The Kier molecular flexibility index (Phi) is 4.80. The fraction of sp³-hybridized carbons (Fsp3) is 0.875. The van der Waals surface area contributed by atoms with Crippen LogP contribution in [0.5, 0.6) is 0 Å². The zero-order valence-electron chi connectivity index (χ0n) is 11.4. The average Bonchev–Trinajstić information content (AvgIpc) is 2.34. The first kappa shape index (κ1) is 23.5. The molecule has 1 aliphatic heterocycles. The normalized spacial score (nSPS) is 27.9. The average molecular weight is 444 g/mol. The van der Waals surface area contributed by atoms with Gasteiger partial charge in [0.25, 0.3) is 0 Å². The summed E-state index contributed by atoms with van der Waals surface area (Å²) in [5.41, 5.74) is 0. The molecule has 1 rings (SSSR count). The monoisotopic (exact) mass is 444 g/mol. The molecule has 0 aromatic rings. The number of nitrogens with zero attached hydrogens (tertiary/aromatic N) is 2. The van der Waals surface area contributed by atoms with Gasteiger partial charge in [0.05, 0.1) is 0 Å². The molecular weight excluding hydrogens is 444 g/mol. The minimum absolute atomic E-state index is 4.32. The molecule has 1 saturated heterocycles. The molecule has 1 heterocycles. The van der Waals surface area contributed by atoms with Gasteiger partial charge in [0.1, 0.15) is 0 Å². The van der Waals surface area contributed by atoms with Crippen molar-refractivity contribution >= 4 is 6.04 Å². The second kappa shape index (κ2) is 5.51. The van der Waals surface area contributed by atoms with E-state index in [0.717, 1.165) is 0 Å². The van der Waals surface area contributed by atoms with Crippen LogP contribution >= 0.6 is 0 Å². The van der Waals surface area contributed by atoms with E-state index < -0.39 is 58.3 Å². The van der Waals surface area contributed by atoms with Crippen molar-refractivity contribution in [3.63, 3.8) is 0 Å². The maximum atomic E-state index is 13.4. The molecule has 0 spiro atoms. The fourth-order valence-corrected chi connectivity index (χ4v) is 1.84. The second-order valence-corrected chi connectivity index (χ2v) is 4.69. The van der Waals surface area contributed by atoms with Crippen LogP contribution in [-0.4, -0.2) is 58.3 Å². The van der Waals surface area contributed by atoms with Crippen molar-refractivity contribution in [1.82, 2.24) is 9.80 Å². The Labute approximate surface area is 135 Å². The Balaban J connectivity index is 4.13. The van der Waals surface area contributed by atoms with Gasteiger partial charge in [-0.2, -0.15) is 70.2 Å². The van der Waals surface area contributed by atoms with E-state index in [-0.39, 0.29) is 0 Å². The van der Waals surface area contributed by atoms with Gasteiger partial charge in [0, 0.05) is 0 Å². The van der Waals surface area contributed by atoms with Crippen molar-refractivity contribution in [1.29, 1.82) is 0 Å². The molecule has 0 bridgehead atoms. The van der Waals surface area contributed by atoms with Crippen molar-refractivity contribution in [3.8, 4) is 0 Å². The van der Waals surface area contributed by atoms with Gasteiger partial charge < -0.3 is 0 Å². The molecule has 27 heavy (non-hydrogen) atoms. The number of alkyl halides is 15. The quantitative estimate of drug-likeness (QED) is 0.362. The van der Waals surface area contributed by atoms with E-state index in [4.69, 9.17) is 0 Å². The van der Waals surface area contributed by atoms with Gasteiger partial charge in [0.2, 0.25) is 0 Å². The van der Waals surface area contributed by atoms with E-state index in [9.17, 15) is 75.0 Å². The summed E-state index contributed by atoms with van der Waals surface area (Å²) in [4.78, 5) is 1.16. The third kappa shape index (κ3) is 2.71. The van der Waals surface area contributed by atoms with Gasteiger partial charge in [-0.15, -0.1) is 0 Å². The highest BCUT2D eigenvalue weighted by Gasteiger charge is 2.94. The van der Waals surface area contributed by atoms with Crippen molar-refractivity contribution in [2.75, 3.05) is 0 Å². The lowest BCUT2D eigenvalue weighted by molar-refractivity contribution is -0.469. The van der Waals surface area contributed by atoms with Crippen LogP contribution in [0.1, 0.15) is 0 Å². The summed E-state index contributed by atoms with van der Waals surface area (Å²) < 4.78 is 208. The van der Waals surface area contributed by atoms with Crippen molar-refractivity contribution in [2.24, 2.45) is 0 Å². The first-order chi connectivity index (χ1) is 11.4. The molecule has 0 amide bonds. The molecule has 0 aliphatic carbocycles. The number of rotatable bonds is 2. The summed E-state index contributed by atoms with van der Waals surface area (Å²) in [5, 5.41) is 0. The third-order valence-electron chi connectivity index (χ3n) is 3.01. The Morgan fingerprint density at radius 2 is 0.889 bits per heavy atom. The summed E-state index contributed by atoms with van der Waals surface area (Å²) >= 11 is 0. The SMILES string of the molecule is O=C(F)C(F)(F)N1C(F)(F)C(F)(F)N(C(F)(F)F)C(F)(F)C(F)(F)C1(F)F. The first-order valence-corrected chi connectivity index (χ1v) is 5.57. The molecule has 0 N–H and O–H groups in total. The summed E-state index contributed by atoms with van der Waals surface area (Å²) in [6, 6.07) is -44.2. The largest absolute Gasteiger partial charge is 0.469 e. The van der Waals surface area contributed by atoms with Gasteiger partial charge in [-0.3, -0.25) is 4.79 Å². The number of hydrogen-bond donors (Lipinski definition) is 0. The number of carbonyl (C=O) groups is 1. The van der Waals surface area contributed by atoms with Crippen molar-refractivity contribution in [2.45, 2.75) is 42.5 Å². The highest BCUT2D eigenvalue weighted by atomic mass is 19.4. The smallest absolute Gasteiger partial charge is 0.252 e. The first-order valence-electron chi connectivity index (χ1n) is 5.57. The van der Waals surface area contributed by atoms with E-state index in [2.05, 4.69) is 0 Å². The van der Waals surface area contributed by atoms with E-state index in [1.165, 1.54) is 0 Å². The Morgan fingerprint density at radius 1 is 0.593 bits per heavy atom. The fourth-order valence-electron chi connectivity index (χ4n) is 1.84. The summed E-state index contributed by atoms with van der Waals surface area (Å²) in [5.74, 6) is -8.09. The Morgan fingerprint density at radius 3 is 1.19 bits per heavy atom. The molecular formula is C8F16N2O. The molecule has 3 nitrogen and oxygen atoms in total. The van der Waals surface area contributed by atoms with Crippen LogP contribution in [0.4, 0.5) is 70.2 Å². The predicted octanol–water partition coefficient (Wildman–Crippen LogP) is 4.22. The topological polar surface area (TPSA) is 23.6 Å². The van der Waals surface area contributed by atoms with Crippen molar-refractivity contribution in [3.05, 3.63) is 0 Å². The van der Waals surface area contributed by atoms with Gasteiger partial charge >= 0.3 is 48.5 Å². The van der Waals surface area contributed by atoms with E-state index in [0.29, 0.717) is 0 Å². The molecule has 0 unspecified atom stereocenters. The van der Waals surface area contributed by atoms with Crippen LogP contribution in [0.25, 0.3) is 0 Å². The molecule has 0 aromatic carbocycles. The van der Waals surface area contributed by atoms with Gasteiger partial charge in [0.15, 0.2) is 0 Å². The Hall–Kier alpha value is -1.53. The van der Waals surface area contributed by atoms with Gasteiger partial charge in [-0.05, 0) is 0 Å². The molecule has 0 saturated carbocycles. The lowest BCUT2D eigenvalue weighted by Crippen LogP contribution is -2.71. The van der Waals surface area contributed by atoms with Crippen LogP contribution in [-0.2, 0) is 4.79 Å². The van der Waals surface area contributed by atoms with Crippen molar-refractivity contribution < 1.29 is 75.0 Å². The maximum absolute atomic E-state index is 13.4. The summed E-state index contributed by atoms with van der Waals surface area (Å²) in [6.45, 7) is 0. The van der Waals surface area contributed by atoms with E-state index >= 15 is 0 Å². The minimum Gasteiger partial charge on any atom is -0.252 e. The standard InChI is InChI=1S/C8F16N2O/c9-1(27)2(10,11)25-4(14,15)3(12,13)5(16,17)26(8(22,23)24)7(20,21)6(25,18)19. The molecule has 1 aliphatic rings.